The summed E-state index contributed by atoms with van der Waals surface area (Å²) in [4.78, 5) is 25.2. The zero-order chi connectivity index (χ0) is 38.1. The minimum absolute atomic E-state index is 0.218. The van der Waals surface area contributed by atoms with E-state index in [1.807, 2.05) is 0 Å². The molecule has 4 N–H and O–H groups in total. The number of unbranched alkanes of at least 4 members (excludes halogenated alkanes) is 19. The van der Waals surface area contributed by atoms with E-state index in [0.29, 0.717) is 12.8 Å². The number of aliphatic hydroxyl groups is 4. The summed E-state index contributed by atoms with van der Waals surface area (Å²) in [5, 5.41) is 40.0. The minimum Gasteiger partial charge on any atom is -0.462 e. The second kappa shape index (κ2) is 33.7. The van der Waals surface area contributed by atoms with Gasteiger partial charge in [-0.05, 0) is 64.2 Å². The lowest BCUT2D eigenvalue weighted by Gasteiger charge is -2.39. The molecule has 1 fully saturated rings. The third kappa shape index (κ3) is 25.2. The molecule has 0 bridgehead atoms. The molecule has 1 aliphatic heterocycles. The highest BCUT2D eigenvalue weighted by atomic mass is 16.7. The van der Waals surface area contributed by atoms with Crippen LogP contribution in [0, 0.1) is 0 Å². The largest absolute Gasteiger partial charge is 0.462 e. The standard InChI is InChI=1S/C42H76O10/c1-3-5-7-9-11-13-15-17-19-21-23-25-27-29-31-38(45)51-35(34-50-42-41(48)40(47)39(46)36(32-43)52-42)33-49-37(44)30-28-26-24-22-20-18-16-14-12-10-8-6-4-2/h15,17-18,20,35-36,39-43,46-48H,3-14,16,19,21-34H2,1-2H3/b17-15+,20-18+/t35-,36-,39+,40?,41?,42-/m1/s1. The molecule has 2 unspecified atom stereocenters. The predicted molar refractivity (Wildman–Crippen MR) is 206 cm³/mol. The van der Waals surface area contributed by atoms with Gasteiger partial charge < -0.3 is 39.4 Å². The number of rotatable bonds is 34. The van der Waals surface area contributed by atoms with Gasteiger partial charge >= 0.3 is 11.9 Å². The molecular formula is C42H76O10. The van der Waals surface area contributed by atoms with Crippen molar-refractivity contribution in [1.29, 1.82) is 0 Å². The van der Waals surface area contributed by atoms with Crippen LogP contribution in [-0.4, -0.2) is 89.0 Å². The van der Waals surface area contributed by atoms with Crippen LogP contribution in [-0.2, 0) is 28.5 Å². The first-order chi connectivity index (χ1) is 25.3. The quantitative estimate of drug-likeness (QED) is 0.0289. The van der Waals surface area contributed by atoms with Crippen LogP contribution >= 0.6 is 0 Å². The second-order valence-electron chi connectivity index (χ2n) is 14.4. The molecule has 6 atom stereocenters. The van der Waals surface area contributed by atoms with Gasteiger partial charge in [-0.25, -0.2) is 0 Å². The summed E-state index contributed by atoms with van der Waals surface area (Å²) in [6.07, 6.45) is 27.6. The Morgan fingerprint density at radius 3 is 1.52 bits per heavy atom. The maximum Gasteiger partial charge on any atom is 0.306 e. The molecule has 0 aliphatic carbocycles. The van der Waals surface area contributed by atoms with E-state index in [2.05, 4.69) is 38.2 Å². The highest BCUT2D eigenvalue weighted by molar-refractivity contribution is 5.70. The Morgan fingerprint density at radius 1 is 0.577 bits per heavy atom. The third-order valence-corrected chi connectivity index (χ3v) is 9.56. The van der Waals surface area contributed by atoms with Crippen LogP contribution in [0.15, 0.2) is 24.3 Å². The molecule has 0 aromatic rings. The van der Waals surface area contributed by atoms with Crippen LogP contribution in [0.2, 0.25) is 0 Å². The van der Waals surface area contributed by atoms with Gasteiger partial charge in [0, 0.05) is 12.8 Å². The molecule has 1 rings (SSSR count). The average molecular weight is 741 g/mol. The molecule has 0 radical (unpaired) electrons. The number of ether oxygens (including phenoxy) is 4. The van der Waals surface area contributed by atoms with Crippen molar-refractivity contribution in [2.24, 2.45) is 0 Å². The van der Waals surface area contributed by atoms with Crippen LogP contribution in [0.5, 0.6) is 0 Å². The average Bonchev–Trinajstić information content (AvgIpc) is 3.14. The number of esters is 2. The Labute approximate surface area is 315 Å². The van der Waals surface area contributed by atoms with E-state index in [4.69, 9.17) is 18.9 Å². The number of hydrogen-bond donors (Lipinski definition) is 4. The van der Waals surface area contributed by atoms with E-state index < -0.39 is 55.4 Å². The lowest BCUT2D eigenvalue weighted by atomic mass is 9.99. The molecule has 0 spiro atoms. The minimum atomic E-state index is -1.60. The monoisotopic (exact) mass is 741 g/mol. The summed E-state index contributed by atoms with van der Waals surface area (Å²) in [6, 6.07) is 0. The van der Waals surface area contributed by atoms with E-state index in [-0.39, 0.29) is 26.1 Å². The molecule has 1 saturated heterocycles. The number of aliphatic hydroxyl groups excluding tert-OH is 4. The summed E-state index contributed by atoms with van der Waals surface area (Å²) in [6.45, 7) is 3.37. The Balaban J connectivity index is 2.39. The van der Waals surface area contributed by atoms with E-state index in [0.717, 1.165) is 64.2 Å². The molecule has 0 aromatic heterocycles. The van der Waals surface area contributed by atoms with Crippen molar-refractivity contribution in [1.82, 2.24) is 0 Å². The van der Waals surface area contributed by atoms with E-state index >= 15 is 0 Å². The van der Waals surface area contributed by atoms with Gasteiger partial charge in [0.15, 0.2) is 12.4 Å². The summed E-state index contributed by atoms with van der Waals surface area (Å²) in [5.74, 6) is -0.834. The molecule has 1 heterocycles. The molecule has 0 amide bonds. The third-order valence-electron chi connectivity index (χ3n) is 9.56. The van der Waals surface area contributed by atoms with Gasteiger partial charge in [0.25, 0.3) is 0 Å². The molecule has 10 heteroatoms. The maximum absolute atomic E-state index is 12.7. The number of carbonyl (C=O) groups excluding carboxylic acids is 2. The van der Waals surface area contributed by atoms with Crippen molar-refractivity contribution in [3.8, 4) is 0 Å². The predicted octanol–water partition coefficient (Wildman–Crippen LogP) is 8.16. The van der Waals surface area contributed by atoms with Crippen molar-refractivity contribution >= 4 is 11.9 Å². The van der Waals surface area contributed by atoms with Gasteiger partial charge in [-0.1, -0.05) is 122 Å². The van der Waals surface area contributed by atoms with Gasteiger partial charge in [-0.2, -0.15) is 0 Å². The summed E-state index contributed by atoms with van der Waals surface area (Å²) >= 11 is 0. The zero-order valence-electron chi connectivity index (χ0n) is 32.8. The Kier molecular flexibility index (Phi) is 31.3. The van der Waals surface area contributed by atoms with Crippen molar-refractivity contribution in [3.05, 3.63) is 24.3 Å². The van der Waals surface area contributed by atoms with Crippen molar-refractivity contribution in [2.75, 3.05) is 19.8 Å². The Hall–Kier alpha value is -1.82. The van der Waals surface area contributed by atoms with E-state index in [1.54, 1.807) is 0 Å². The molecule has 1 aliphatic rings. The molecule has 10 nitrogen and oxygen atoms in total. The normalized spacial score (nSPS) is 21.2. The molecular weight excluding hydrogens is 664 g/mol. The first-order valence-corrected chi connectivity index (χ1v) is 20.9. The lowest BCUT2D eigenvalue weighted by Crippen LogP contribution is -2.59. The van der Waals surface area contributed by atoms with Crippen LogP contribution in [0.4, 0.5) is 0 Å². The van der Waals surface area contributed by atoms with Crippen LogP contribution in [0.1, 0.15) is 174 Å². The fraction of sp³-hybridized carbons (Fsp3) is 0.857. The lowest BCUT2D eigenvalue weighted by molar-refractivity contribution is -0.305. The summed E-state index contributed by atoms with van der Waals surface area (Å²) in [5.41, 5.74) is 0. The smallest absolute Gasteiger partial charge is 0.306 e. The van der Waals surface area contributed by atoms with Gasteiger partial charge in [0.2, 0.25) is 0 Å². The van der Waals surface area contributed by atoms with Crippen molar-refractivity contribution < 1.29 is 49.0 Å². The van der Waals surface area contributed by atoms with Crippen LogP contribution in [0.25, 0.3) is 0 Å². The fourth-order valence-electron chi connectivity index (χ4n) is 6.18. The van der Waals surface area contributed by atoms with Crippen LogP contribution < -0.4 is 0 Å². The number of carbonyl (C=O) groups is 2. The Bertz CT molecular complexity index is 907. The molecule has 0 saturated carbocycles. The molecule has 304 valence electrons. The highest BCUT2D eigenvalue weighted by Gasteiger charge is 2.44. The summed E-state index contributed by atoms with van der Waals surface area (Å²) in [7, 11) is 0. The summed E-state index contributed by atoms with van der Waals surface area (Å²) < 4.78 is 22.1. The first kappa shape index (κ1) is 48.2. The van der Waals surface area contributed by atoms with Crippen LogP contribution in [0.3, 0.4) is 0 Å². The van der Waals surface area contributed by atoms with Crippen molar-refractivity contribution in [3.63, 3.8) is 0 Å². The SMILES string of the molecule is CCCCCCC/C=C/CCCCCCCC(=O)O[C@H](COC(=O)CCCCC/C=C/CCCCCCCC)CO[C@@H]1O[C@H](CO)[C@H](O)C(O)C1O. The van der Waals surface area contributed by atoms with Crippen molar-refractivity contribution in [2.45, 2.75) is 211 Å². The fourth-order valence-corrected chi connectivity index (χ4v) is 6.18. The maximum atomic E-state index is 12.7. The van der Waals surface area contributed by atoms with E-state index in [1.165, 1.54) is 70.6 Å². The number of allylic oxidation sites excluding steroid dienone is 4. The van der Waals surface area contributed by atoms with Gasteiger partial charge in [-0.3, -0.25) is 9.59 Å². The number of hydrogen-bond acceptors (Lipinski definition) is 10. The van der Waals surface area contributed by atoms with E-state index in [9.17, 15) is 30.0 Å². The highest BCUT2D eigenvalue weighted by Crippen LogP contribution is 2.22. The molecule has 52 heavy (non-hydrogen) atoms. The van der Waals surface area contributed by atoms with Gasteiger partial charge in [0.05, 0.1) is 13.2 Å². The zero-order valence-corrected chi connectivity index (χ0v) is 32.8. The first-order valence-electron chi connectivity index (χ1n) is 20.9. The van der Waals surface area contributed by atoms with Gasteiger partial charge in [0.1, 0.15) is 31.0 Å². The Morgan fingerprint density at radius 2 is 1.02 bits per heavy atom. The second-order valence-corrected chi connectivity index (χ2v) is 14.4. The van der Waals surface area contributed by atoms with Gasteiger partial charge in [-0.15, -0.1) is 0 Å². The topological polar surface area (TPSA) is 152 Å². The molecule has 0 aromatic carbocycles.